The van der Waals surface area contributed by atoms with E-state index >= 15 is 0 Å². The molecule has 2 rings (SSSR count). The zero-order valence-corrected chi connectivity index (χ0v) is 12.1. The second-order valence-electron chi connectivity index (χ2n) is 5.86. The molecule has 0 bridgehead atoms. The van der Waals surface area contributed by atoms with Crippen LogP contribution in [0.4, 0.5) is 0 Å². The zero-order valence-electron chi connectivity index (χ0n) is 11.3. The largest absolute Gasteiger partial charge is 0.242 e. The van der Waals surface area contributed by atoms with E-state index in [1.165, 1.54) is 11.1 Å². The van der Waals surface area contributed by atoms with Gasteiger partial charge in [0.25, 0.3) is 0 Å². The molecule has 1 N–H and O–H groups in total. The summed E-state index contributed by atoms with van der Waals surface area (Å²) in [5.41, 5.74) is 3.70. The summed E-state index contributed by atoms with van der Waals surface area (Å²) in [5.74, 6) is 0. The Kier molecular flexibility index (Phi) is 3.74. The van der Waals surface area contributed by atoms with Gasteiger partial charge in [-0.3, -0.25) is 0 Å². The van der Waals surface area contributed by atoms with Crippen molar-refractivity contribution in [3.63, 3.8) is 0 Å². The van der Waals surface area contributed by atoms with E-state index in [4.69, 9.17) is 0 Å². The predicted octanol–water partition coefficient (Wildman–Crippen LogP) is 3.07. The molecule has 0 radical (unpaired) electrons. The molecule has 98 valence electrons. The van der Waals surface area contributed by atoms with Crippen molar-refractivity contribution in [2.24, 2.45) is 0 Å². The van der Waals surface area contributed by atoms with E-state index in [2.05, 4.69) is 29.5 Å². The number of fused-ring (bicyclic) bond motifs is 1. The molecule has 3 heteroatoms. The first-order valence-corrected chi connectivity index (χ1v) is 7.47. The van der Waals surface area contributed by atoms with Gasteiger partial charge in [0.2, 0.25) is 0 Å². The second-order valence-corrected chi connectivity index (χ2v) is 7.86. The van der Waals surface area contributed by atoms with Gasteiger partial charge in [-0.05, 0) is 50.3 Å². The first kappa shape index (κ1) is 13.5. The van der Waals surface area contributed by atoms with Crippen LogP contribution >= 0.6 is 0 Å². The first-order chi connectivity index (χ1) is 8.38. The van der Waals surface area contributed by atoms with E-state index in [0.717, 1.165) is 18.4 Å². The summed E-state index contributed by atoms with van der Waals surface area (Å²) in [7, 11) is -1.02. The predicted molar refractivity (Wildman–Crippen MR) is 78.6 cm³/mol. The summed E-state index contributed by atoms with van der Waals surface area (Å²) in [6.45, 7) is 10.1. The third-order valence-electron chi connectivity index (χ3n) is 3.19. The van der Waals surface area contributed by atoms with Gasteiger partial charge in [0.15, 0.2) is 0 Å². The minimum Gasteiger partial charge on any atom is -0.242 e. The van der Waals surface area contributed by atoms with E-state index in [9.17, 15) is 4.21 Å². The molecule has 1 unspecified atom stereocenters. The van der Waals surface area contributed by atoms with E-state index in [1.807, 2.05) is 26.8 Å². The highest BCUT2D eigenvalue weighted by Crippen LogP contribution is 2.29. The monoisotopic (exact) mass is 263 g/mol. The molecule has 18 heavy (non-hydrogen) atoms. The SMILES string of the molecule is C=C1C[C@@H](NS(=O)C(C)(C)C)Cc2ccccc21. The van der Waals surface area contributed by atoms with Gasteiger partial charge < -0.3 is 0 Å². The van der Waals surface area contributed by atoms with Crippen LogP contribution in [0.1, 0.15) is 38.3 Å². The van der Waals surface area contributed by atoms with Crippen LogP contribution in [0.15, 0.2) is 30.8 Å². The van der Waals surface area contributed by atoms with Crippen molar-refractivity contribution < 1.29 is 4.21 Å². The van der Waals surface area contributed by atoms with Crippen LogP contribution < -0.4 is 4.72 Å². The lowest BCUT2D eigenvalue weighted by Crippen LogP contribution is -2.42. The Morgan fingerprint density at radius 3 is 2.61 bits per heavy atom. The Hall–Kier alpha value is -0.930. The molecule has 0 aliphatic heterocycles. The van der Waals surface area contributed by atoms with E-state index in [0.29, 0.717) is 0 Å². The van der Waals surface area contributed by atoms with Crippen LogP contribution in [-0.2, 0) is 17.4 Å². The molecule has 1 aromatic carbocycles. The maximum Gasteiger partial charge on any atom is 0.0972 e. The van der Waals surface area contributed by atoms with Crippen LogP contribution in [-0.4, -0.2) is 15.0 Å². The molecule has 2 nitrogen and oxygen atoms in total. The summed E-state index contributed by atoms with van der Waals surface area (Å²) < 4.78 is 15.1. The van der Waals surface area contributed by atoms with Gasteiger partial charge in [-0.1, -0.05) is 30.8 Å². The average Bonchev–Trinajstić information content (AvgIpc) is 2.27. The molecule has 0 spiro atoms. The lowest BCUT2D eigenvalue weighted by atomic mass is 9.86. The lowest BCUT2D eigenvalue weighted by molar-refractivity contribution is 0.579. The fraction of sp³-hybridized carbons (Fsp3) is 0.467. The number of hydrogen-bond donors (Lipinski definition) is 1. The van der Waals surface area contributed by atoms with Crippen LogP contribution in [0.2, 0.25) is 0 Å². The van der Waals surface area contributed by atoms with Crippen LogP contribution in [0.25, 0.3) is 5.57 Å². The van der Waals surface area contributed by atoms with Crippen LogP contribution in [0.3, 0.4) is 0 Å². The topological polar surface area (TPSA) is 29.1 Å². The van der Waals surface area contributed by atoms with Gasteiger partial charge in [-0.2, -0.15) is 0 Å². The molecule has 0 amide bonds. The zero-order chi connectivity index (χ0) is 13.3. The van der Waals surface area contributed by atoms with Crippen molar-refractivity contribution in [3.8, 4) is 0 Å². The Morgan fingerprint density at radius 2 is 1.94 bits per heavy atom. The lowest BCUT2D eigenvalue weighted by Gasteiger charge is -2.29. The standard InChI is InChI=1S/C15H21NOS/c1-11-9-13(16-18(17)15(2,3)4)10-12-7-5-6-8-14(11)12/h5-8,13,16H,1,9-10H2,2-4H3/t13-,18?/m1/s1. The van der Waals surface area contributed by atoms with Crippen molar-refractivity contribution in [1.29, 1.82) is 0 Å². The van der Waals surface area contributed by atoms with Gasteiger partial charge in [0, 0.05) is 6.04 Å². The molecule has 1 aliphatic rings. The van der Waals surface area contributed by atoms with Crippen LogP contribution in [0, 0.1) is 0 Å². The highest BCUT2D eigenvalue weighted by molar-refractivity contribution is 7.84. The van der Waals surface area contributed by atoms with Crippen LogP contribution in [0.5, 0.6) is 0 Å². The van der Waals surface area contributed by atoms with Gasteiger partial charge in [-0.25, -0.2) is 8.93 Å². The second kappa shape index (κ2) is 4.98. The number of nitrogens with one attached hydrogen (secondary N) is 1. The van der Waals surface area contributed by atoms with E-state index in [-0.39, 0.29) is 10.8 Å². The summed E-state index contributed by atoms with van der Waals surface area (Å²) in [6.07, 6.45) is 1.80. The van der Waals surface area contributed by atoms with Crippen molar-refractivity contribution >= 4 is 16.6 Å². The molecule has 0 heterocycles. The normalized spacial score (nSPS) is 21.5. The number of hydrogen-bond acceptors (Lipinski definition) is 1. The Labute approximate surface area is 112 Å². The highest BCUT2D eigenvalue weighted by atomic mass is 32.2. The maximum atomic E-state index is 12.1. The van der Waals surface area contributed by atoms with E-state index in [1.54, 1.807) is 0 Å². The minimum atomic E-state index is -1.02. The molecular weight excluding hydrogens is 242 g/mol. The fourth-order valence-corrected chi connectivity index (χ4v) is 3.02. The van der Waals surface area contributed by atoms with E-state index < -0.39 is 11.0 Å². The third kappa shape index (κ3) is 2.90. The molecule has 1 aromatic rings. The average molecular weight is 263 g/mol. The summed E-state index contributed by atoms with van der Waals surface area (Å²) in [4.78, 5) is 0. The van der Waals surface area contributed by atoms with Gasteiger partial charge in [0.1, 0.15) is 0 Å². The molecular formula is C15H21NOS. The summed E-state index contributed by atoms with van der Waals surface area (Å²) in [5, 5.41) is 0. The molecule has 0 saturated heterocycles. The minimum absolute atomic E-state index is 0.224. The molecule has 0 aromatic heterocycles. The molecule has 0 fully saturated rings. The smallest absolute Gasteiger partial charge is 0.0972 e. The highest BCUT2D eigenvalue weighted by Gasteiger charge is 2.26. The summed E-state index contributed by atoms with van der Waals surface area (Å²) >= 11 is 0. The van der Waals surface area contributed by atoms with Crippen molar-refractivity contribution in [2.75, 3.05) is 0 Å². The fourth-order valence-electron chi connectivity index (χ4n) is 2.20. The Bertz CT molecular complexity index is 488. The summed E-state index contributed by atoms with van der Waals surface area (Å²) in [6, 6.07) is 8.58. The van der Waals surface area contributed by atoms with Crippen molar-refractivity contribution in [3.05, 3.63) is 42.0 Å². The number of benzene rings is 1. The Balaban J connectivity index is 2.12. The van der Waals surface area contributed by atoms with Crippen molar-refractivity contribution in [2.45, 2.75) is 44.4 Å². The third-order valence-corrected chi connectivity index (χ3v) is 4.85. The quantitative estimate of drug-likeness (QED) is 0.873. The molecule has 1 aliphatic carbocycles. The van der Waals surface area contributed by atoms with Gasteiger partial charge >= 0.3 is 0 Å². The maximum absolute atomic E-state index is 12.1. The van der Waals surface area contributed by atoms with Crippen molar-refractivity contribution in [1.82, 2.24) is 4.72 Å². The number of rotatable bonds is 2. The first-order valence-electron chi connectivity index (χ1n) is 6.32. The van der Waals surface area contributed by atoms with Gasteiger partial charge in [-0.15, -0.1) is 0 Å². The molecule has 2 atom stereocenters. The van der Waals surface area contributed by atoms with Gasteiger partial charge in [0.05, 0.1) is 15.7 Å². The Morgan fingerprint density at radius 1 is 1.28 bits per heavy atom. The molecule has 0 saturated carbocycles.